The Bertz CT molecular complexity index is 513. The van der Waals surface area contributed by atoms with Crippen molar-refractivity contribution in [3.63, 3.8) is 0 Å². The lowest BCUT2D eigenvalue weighted by Crippen LogP contribution is -2.14. The van der Waals surface area contributed by atoms with Crippen LogP contribution < -0.4 is 5.73 Å². The van der Waals surface area contributed by atoms with Gasteiger partial charge in [-0.25, -0.2) is 0 Å². The quantitative estimate of drug-likeness (QED) is 0.875. The number of hydrogen-bond donors (Lipinski definition) is 1. The molecular weight excluding hydrogens is 210 g/mol. The zero-order chi connectivity index (χ0) is 12.4. The van der Waals surface area contributed by atoms with E-state index in [4.69, 9.17) is 10.2 Å². The Morgan fingerprint density at radius 2 is 1.88 bits per heavy atom. The summed E-state index contributed by atoms with van der Waals surface area (Å²) in [6.07, 6.45) is 0.854. The summed E-state index contributed by atoms with van der Waals surface area (Å²) in [7, 11) is 0. The molecule has 2 nitrogen and oxygen atoms in total. The highest BCUT2D eigenvalue weighted by atomic mass is 16.3. The lowest BCUT2D eigenvalue weighted by Gasteiger charge is -2.12. The lowest BCUT2D eigenvalue weighted by molar-refractivity contribution is 0.497. The summed E-state index contributed by atoms with van der Waals surface area (Å²) in [5, 5.41) is 0. The van der Waals surface area contributed by atoms with Crippen molar-refractivity contribution in [2.24, 2.45) is 5.73 Å². The fourth-order valence-electron chi connectivity index (χ4n) is 2.20. The van der Waals surface area contributed by atoms with Crippen molar-refractivity contribution in [2.75, 3.05) is 0 Å². The molecular formula is C15H19NO. The zero-order valence-corrected chi connectivity index (χ0v) is 10.7. The highest BCUT2D eigenvalue weighted by molar-refractivity contribution is 5.30. The monoisotopic (exact) mass is 229 g/mol. The third-order valence-corrected chi connectivity index (χ3v) is 3.18. The van der Waals surface area contributed by atoms with Crippen LogP contribution in [0.1, 0.15) is 34.3 Å². The molecule has 0 aliphatic carbocycles. The van der Waals surface area contributed by atoms with E-state index >= 15 is 0 Å². The minimum atomic E-state index is 0.00792. The molecule has 0 amide bonds. The Kier molecular flexibility index (Phi) is 3.34. The van der Waals surface area contributed by atoms with E-state index < -0.39 is 0 Å². The van der Waals surface area contributed by atoms with Gasteiger partial charge < -0.3 is 10.2 Å². The van der Waals surface area contributed by atoms with Crippen molar-refractivity contribution in [3.8, 4) is 0 Å². The van der Waals surface area contributed by atoms with Crippen LogP contribution >= 0.6 is 0 Å². The molecule has 1 atom stereocenters. The average Bonchev–Trinajstić information content (AvgIpc) is 2.61. The van der Waals surface area contributed by atoms with Gasteiger partial charge in [-0.15, -0.1) is 0 Å². The fraction of sp³-hybridized carbons (Fsp3) is 0.333. The second kappa shape index (κ2) is 4.76. The average molecular weight is 229 g/mol. The highest BCUT2D eigenvalue weighted by Gasteiger charge is 2.14. The van der Waals surface area contributed by atoms with Crippen molar-refractivity contribution in [2.45, 2.75) is 33.2 Å². The second-order valence-corrected chi connectivity index (χ2v) is 4.61. The van der Waals surface area contributed by atoms with Crippen molar-refractivity contribution in [1.82, 2.24) is 0 Å². The largest absolute Gasteiger partial charge is 0.466 e. The number of nitrogens with two attached hydrogens (primary N) is 1. The maximum atomic E-state index is 6.25. The Hall–Kier alpha value is -1.54. The van der Waals surface area contributed by atoms with Crippen LogP contribution in [-0.4, -0.2) is 0 Å². The Morgan fingerprint density at radius 1 is 1.18 bits per heavy atom. The van der Waals surface area contributed by atoms with Gasteiger partial charge in [-0.05, 0) is 44.4 Å². The maximum Gasteiger partial charge on any atom is 0.105 e. The van der Waals surface area contributed by atoms with Crippen molar-refractivity contribution >= 4 is 0 Å². The molecule has 2 rings (SSSR count). The number of furan rings is 1. The number of aryl methyl sites for hydroxylation is 3. The predicted molar refractivity (Wildman–Crippen MR) is 70.0 cm³/mol. The van der Waals surface area contributed by atoms with Gasteiger partial charge in [0.15, 0.2) is 0 Å². The van der Waals surface area contributed by atoms with Crippen LogP contribution in [0.2, 0.25) is 0 Å². The molecule has 0 aliphatic rings. The molecule has 0 aliphatic heterocycles. The third-order valence-electron chi connectivity index (χ3n) is 3.18. The summed E-state index contributed by atoms with van der Waals surface area (Å²) in [5.74, 6) is 1.86. The van der Waals surface area contributed by atoms with Gasteiger partial charge in [-0.1, -0.05) is 24.3 Å². The normalized spacial score (nSPS) is 12.7. The lowest BCUT2D eigenvalue weighted by atomic mass is 9.97. The molecule has 0 bridgehead atoms. The zero-order valence-electron chi connectivity index (χ0n) is 10.7. The fourth-order valence-corrected chi connectivity index (χ4v) is 2.20. The van der Waals surface area contributed by atoms with Crippen molar-refractivity contribution < 1.29 is 4.42 Å². The van der Waals surface area contributed by atoms with Gasteiger partial charge in [0.2, 0.25) is 0 Å². The molecule has 2 heteroatoms. The molecule has 0 saturated heterocycles. The van der Waals surface area contributed by atoms with Crippen molar-refractivity contribution in [3.05, 3.63) is 58.5 Å². The van der Waals surface area contributed by atoms with E-state index in [1.165, 1.54) is 11.1 Å². The van der Waals surface area contributed by atoms with Crippen molar-refractivity contribution in [1.29, 1.82) is 0 Å². The molecule has 17 heavy (non-hydrogen) atoms. The summed E-state index contributed by atoms with van der Waals surface area (Å²) >= 11 is 0. The first-order valence-electron chi connectivity index (χ1n) is 5.95. The summed E-state index contributed by atoms with van der Waals surface area (Å²) in [5.41, 5.74) is 9.96. The number of rotatable bonds is 3. The van der Waals surface area contributed by atoms with Crippen LogP contribution in [0.25, 0.3) is 0 Å². The number of benzene rings is 1. The van der Waals surface area contributed by atoms with Crippen LogP contribution in [0, 0.1) is 20.8 Å². The van der Waals surface area contributed by atoms with E-state index in [1.807, 2.05) is 19.9 Å². The van der Waals surface area contributed by atoms with Gasteiger partial charge in [0.1, 0.15) is 11.5 Å². The van der Waals surface area contributed by atoms with E-state index in [-0.39, 0.29) is 6.04 Å². The van der Waals surface area contributed by atoms with Crippen LogP contribution in [0.15, 0.2) is 34.7 Å². The van der Waals surface area contributed by atoms with E-state index in [1.54, 1.807) is 0 Å². The predicted octanol–water partition coefficient (Wildman–Crippen LogP) is 3.45. The maximum absolute atomic E-state index is 6.25. The standard InChI is InChI=1S/C15H19NO/c1-10-6-4-5-7-13(10)9-15(16)14-8-11(2)17-12(14)3/h4-8,15H,9,16H2,1-3H3. The van der Waals surface area contributed by atoms with Gasteiger partial charge in [-0.3, -0.25) is 0 Å². The van der Waals surface area contributed by atoms with E-state index in [0.717, 1.165) is 23.5 Å². The first kappa shape index (κ1) is 11.9. The molecule has 1 aromatic carbocycles. The van der Waals surface area contributed by atoms with Crippen LogP contribution in [0.4, 0.5) is 0 Å². The van der Waals surface area contributed by atoms with E-state index in [0.29, 0.717) is 0 Å². The van der Waals surface area contributed by atoms with Gasteiger partial charge in [0.25, 0.3) is 0 Å². The summed E-state index contributed by atoms with van der Waals surface area (Å²) in [4.78, 5) is 0. The SMILES string of the molecule is Cc1cc(C(N)Cc2ccccc2C)c(C)o1. The first-order chi connectivity index (χ1) is 8.08. The molecule has 0 saturated carbocycles. The van der Waals surface area contributed by atoms with Gasteiger partial charge in [0.05, 0.1) is 0 Å². The molecule has 2 aromatic rings. The van der Waals surface area contributed by atoms with Gasteiger partial charge in [-0.2, -0.15) is 0 Å². The minimum Gasteiger partial charge on any atom is -0.466 e. The Balaban J connectivity index is 2.20. The van der Waals surface area contributed by atoms with Crippen LogP contribution in [-0.2, 0) is 6.42 Å². The van der Waals surface area contributed by atoms with E-state index in [9.17, 15) is 0 Å². The van der Waals surface area contributed by atoms with Gasteiger partial charge in [0, 0.05) is 11.6 Å². The third kappa shape index (κ3) is 2.59. The molecule has 90 valence electrons. The molecule has 0 spiro atoms. The summed E-state index contributed by atoms with van der Waals surface area (Å²) in [6.45, 7) is 6.05. The molecule has 0 radical (unpaired) electrons. The molecule has 2 N–H and O–H groups in total. The minimum absolute atomic E-state index is 0.00792. The van der Waals surface area contributed by atoms with E-state index in [2.05, 4.69) is 31.2 Å². The number of hydrogen-bond acceptors (Lipinski definition) is 2. The van der Waals surface area contributed by atoms with Crippen LogP contribution in [0.5, 0.6) is 0 Å². The summed E-state index contributed by atoms with van der Waals surface area (Å²) < 4.78 is 5.52. The Morgan fingerprint density at radius 3 is 2.47 bits per heavy atom. The Labute approximate surface area is 102 Å². The van der Waals surface area contributed by atoms with Crippen LogP contribution in [0.3, 0.4) is 0 Å². The second-order valence-electron chi connectivity index (χ2n) is 4.61. The molecule has 0 fully saturated rings. The van der Waals surface area contributed by atoms with Gasteiger partial charge >= 0.3 is 0 Å². The smallest absolute Gasteiger partial charge is 0.105 e. The summed E-state index contributed by atoms with van der Waals surface area (Å²) in [6, 6.07) is 10.4. The highest BCUT2D eigenvalue weighted by Crippen LogP contribution is 2.23. The topological polar surface area (TPSA) is 39.2 Å². The molecule has 1 unspecified atom stereocenters. The first-order valence-corrected chi connectivity index (χ1v) is 5.95. The molecule has 1 aromatic heterocycles. The molecule has 1 heterocycles.